The van der Waals surface area contributed by atoms with Crippen LogP contribution in [0.5, 0.6) is 0 Å². The van der Waals surface area contributed by atoms with E-state index in [1.807, 2.05) is 0 Å². The molecule has 0 saturated carbocycles. The summed E-state index contributed by atoms with van der Waals surface area (Å²) in [6.45, 7) is 0.954. The second-order valence-electron chi connectivity index (χ2n) is 9.54. The predicted molar refractivity (Wildman–Crippen MR) is 141 cm³/mol. The van der Waals surface area contributed by atoms with E-state index in [2.05, 4.69) is 5.32 Å². The Hall–Kier alpha value is -1.20. The zero-order valence-electron chi connectivity index (χ0n) is 23.5. The van der Waals surface area contributed by atoms with Crippen molar-refractivity contribution >= 4 is 23.9 Å². The van der Waals surface area contributed by atoms with Gasteiger partial charge in [0, 0.05) is 58.9 Å². The Morgan fingerprint density at radius 3 is 1.00 bits per heavy atom. The minimum atomic E-state index is -1.55. The molecule has 1 aliphatic heterocycles. The van der Waals surface area contributed by atoms with Gasteiger partial charge in [-0.3, -0.25) is 38.8 Å². The van der Waals surface area contributed by atoms with Gasteiger partial charge in [0.2, 0.25) is 0 Å². The van der Waals surface area contributed by atoms with Crippen molar-refractivity contribution in [2.75, 3.05) is 98.7 Å². The Balaban J connectivity index is 0. The van der Waals surface area contributed by atoms with Gasteiger partial charge < -0.3 is 51.3 Å². The van der Waals surface area contributed by atoms with Gasteiger partial charge in [0.05, 0.1) is 38.9 Å². The molecule has 1 rings (SSSR count). The third-order valence-corrected chi connectivity index (χ3v) is 6.10. The maximum Gasteiger partial charge on any atom is 2.00 e. The number of nitrogens with zero attached hydrogens (tertiary/aromatic N) is 4. The van der Waals surface area contributed by atoms with Gasteiger partial charge in [-0.15, -0.1) is 0 Å². The molecule has 0 bridgehead atoms. The van der Waals surface area contributed by atoms with Gasteiger partial charge in [-0.25, -0.2) is 0 Å². The van der Waals surface area contributed by atoms with E-state index in [4.69, 9.17) is 40.9 Å². The Bertz CT molecular complexity index is 688. The fourth-order valence-corrected chi connectivity index (χ4v) is 3.87. The van der Waals surface area contributed by atoms with Crippen LogP contribution in [-0.4, -0.2) is 213 Å². The summed E-state index contributed by atoms with van der Waals surface area (Å²) in [5, 5.41) is 83.8. The molecule has 1 fully saturated rings. The summed E-state index contributed by atoms with van der Waals surface area (Å²) in [7, 11) is 1.57. The van der Waals surface area contributed by atoms with Gasteiger partial charge in [-0.2, -0.15) is 0 Å². The molecular weight excluding hydrogens is 712 g/mol. The third kappa shape index (κ3) is 20.7. The van der Waals surface area contributed by atoms with E-state index in [1.54, 1.807) is 26.6 Å². The molecule has 4 atom stereocenters. The minimum Gasteiger partial charge on any atom is -0.480 e. The number of aliphatic hydroxyl groups is 5. The van der Waals surface area contributed by atoms with E-state index in [-0.39, 0.29) is 72.7 Å². The number of carbonyl (C=O) groups is 4. The fraction of sp³-hybridized carbons (Fsp3) is 0.826. The molecule has 1 heterocycles. The van der Waals surface area contributed by atoms with Crippen molar-refractivity contribution in [1.29, 1.82) is 0 Å². The molecule has 0 aromatic carbocycles. The molecule has 0 radical (unpaired) electrons. The summed E-state index contributed by atoms with van der Waals surface area (Å²) < 4.78 is 0. The van der Waals surface area contributed by atoms with Crippen LogP contribution >= 0.6 is 0 Å². The van der Waals surface area contributed by atoms with Crippen LogP contribution in [0.25, 0.3) is 0 Å². The number of nitrogens with one attached hydrogen (secondary N) is 1. The first kappa shape index (κ1) is 42.9. The third-order valence-electron chi connectivity index (χ3n) is 6.10. The van der Waals surface area contributed by atoms with E-state index in [0.717, 1.165) is 0 Å². The first-order valence-electron chi connectivity index (χ1n) is 12.9. The summed E-state index contributed by atoms with van der Waals surface area (Å²) in [6.07, 6.45) is -5.65. The Kier molecular flexibility index (Phi) is 24.7. The molecule has 1 aliphatic rings. The summed E-state index contributed by atoms with van der Waals surface area (Å²) in [5.41, 5.74) is 0. The summed E-state index contributed by atoms with van der Waals surface area (Å²) >= 11 is 0. The monoisotopic (exact) mass is 757 g/mol. The first-order chi connectivity index (χ1) is 19.2. The zero-order valence-corrected chi connectivity index (χ0v) is 25.8. The molecule has 1 saturated heterocycles. The maximum absolute atomic E-state index is 11.1. The van der Waals surface area contributed by atoms with E-state index in [0.29, 0.717) is 52.4 Å². The molecule has 10 N–H and O–H groups in total. The summed E-state index contributed by atoms with van der Waals surface area (Å²) in [5.74, 6) is -4.08. The van der Waals surface area contributed by atoms with Gasteiger partial charge in [0.25, 0.3) is 0 Å². The van der Waals surface area contributed by atoms with E-state index in [1.165, 1.54) is 0 Å². The number of hydrogen-bond donors (Lipinski definition) is 10. The normalized spacial score (nSPS) is 19.4. The second-order valence-corrected chi connectivity index (χ2v) is 9.54. The average Bonchev–Trinajstić information content (AvgIpc) is 2.88. The van der Waals surface area contributed by atoms with Gasteiger partial charge in [-0.05, 0) is 7.05 Å². The van der Waals surface area contributed by atoms with Crippen LogP contribution in [0.3, 0.4) is 0 Å². The Labute approximate surface area is 275 Å². The van der Waals surface area contributed by atoms with Crippen molar-refractivity contribution < 1.29 is 105 Å². The van der Waals surface area contributed by atoms with Crippen LogP contribution in [0, 0.1) is 39.9 Å². The van der Waals surface area contributed by atoms with E-state index >= 15 is 0 Å². The van der Waals surface area contributed by atoms with Gasteiger partial charge in [-0.1, -0.05) is 0 Å². The Morgan fingerprint density at radius 2 is 0.810 bits per heavy atom. The van der Waals surface area contributed by atoms with Crippen molar-refractivity contribution in [2.45, 2.75) is 24.4 Å². The molecule has 0 aromatic rings. The number of hydrogen-bond acceptors (Lipinski definition) is 14. The quantitative estimate of drug-likeness (QED) is 0.0791. The molecule has 246 valence electrons. The zero-order chi connectivity index (χ0) is 31.5. The smallest absolute Gasteiger partial charge is 0.480 e. The number of carboxylic acids is 4. The van der Waals surface area contributed by atoms with Crippen LogP contribution in [0.4, 0.5) is 0 Å². The predicted octanol–water partition coefficient (Wildman–Crippen LogP) is -5.81. The van der Waals surface area contributed by atoms with Crippen molar-refractivity contribution in [3.63, 3.8) is 0 Å². The number of aliphatic hydroxyl groups excluding tert-OH is 5. The van der Waals surface area contributed by atoms with Crippen LogP contribution < -0.4 is 5.32 Å². The van der Waals surface area contributed by atoms with Gasteiger partial charge >= 0.3 is 63.8 Å². The van der Waals surface area contributed by atoms with Crippen molar-refractivity contribution in [1.82, 2.24) is 24.9 Å². The fourth-order valence-electron chi connectivity index (χ4n) is 3.87. The SMILES string of the molecule is CNC[C@H](O)[C@@H](O)[C@H](O)[C@H](O)CO.O=C(O)CN1CCN(CC(=O)O)CCN(CC(=O)O)CCN(CC(=O)O)CC1.[Gd+2]. The van der Waals surface area contributed by atoms with Crippen molar-refractivity contribution in [3.8, 4) is 0 Å². The van der Waals surface area contributed by atoms with Crippen LogP contribution in [0.1, 0.15) is 0 Å². The molecule has 0 spiro atoms. The van der Waals surface area contributed by atoms with E-state index in [9.17, 15) is 24.3 Å². The van der Waals surface area contributed by atoms with Gasteiger partial charge in [0.1, 0.15) is 18.3 Å². The molecule has 0 aliphatic carbocycles. The van der Waals surface area contributed by atoms with Crippen LogP contribution in [-0.2, 0) is 19.2 Å². The summed E-state index contributed by atoms with van der Waals surface area (Å²) in [6, 6.07) is 0. The molecule has 0 aromatic heterocycles. The van der Waals surface area contributed by atoms with Crippen molar-refractivity contribution in [3.05, 3.63) is 0 Å². The number of aliphatic carboxylic acids is 4. The van der Waals surface area contributed by atoms with Crippen LogP contribution in [0.2, 0.25) is 0 Å². The van der Waals surface area contributed by atoms with Crippen LogP contribution in [0.15, 0.2) is 0 Å². The molecule has 18 nitrogen and oxygen atoms in total. The van der Waals surface area contributed by atoms with Gasteiger partial charge in [0.15, 0.2) is 0 Å². The largest absolute Gasteiger partial charge is 2.00 e. The molecule has 42 heavy (non-hydrogen) atoms. The Morgan fingerprint density at radius 1 is 0.571 bits per heavy atom. The molecule has 0 amide bonds. The van der Waals surface area contributed by atoms with E-state index < -0.39 is 54.9 Å². The molecule has 0 unspecified atom stereocenters. The first-order valence-corrected chi connectivity index (χ1v) is 12.9. The summed E-state index contributed by atoms with van der Waals surface area (Å²) in [4.78, 5) is 50.9. The number of rotatable bonds is 14. The maximum atomic E-state index is 11.1. The number of likely N-dealkylation sites (N-methyl/N-ethyl adjacent to an activating group) is 1. The topological polar surface area (TPSA) is 275 Å². The average molecular weight is 757 g/mol. The van der Waals surface area contributed by atoms with Crippen molar-refractivity contribution in [2.24, 2.45) is 0 Å². The minimum absolute atomic E-state index is 0. The standard InChI is InChI=1S/C16H28N4O8.C7H17NO5.Gd/c21-13(22)9-17-1-2-18(10-14(23)24)5-6-20(12-16(27)28)8-7-19(4-3-17)11-15(25)26;1-8-2-4(10)6(12)7(13)5(11)3-9;/h1-12H2,(H,21,22)(H,23,24)(H,25,26)(H,27,28);4-13H,2-3H2,1H3;/q;;+2/t;4-,5+,6+,7+;/m.0./s1. The molecule has 19 heteroatoms. The number of carboxylic acid groups (broad SMARTS) is 4. The molecular formula is C23H45GdN5O13+2. The second kappa shape index (κ2) is 24.2.